The molecule has 0 spiro atoms. The minimum absolute atomic E-state index is 0.243. The van der Waals surface area contributed by atoms with Gasteiger partial charge in [-0.25, -0.2) is 0 Å². The van der Waals surface area contributed by atoms with Gasteiger partial charge in [-0.05, 0) is 37.6 Å². The van der Waals surface area contributed by atoms with E-state index in [0.29, 0.717) is 5.56 Å². The molecule has 3 heteroatoms. The average Bonchev–Trinajstić information content (AvgIpc) is 2.31. The lowest BCUT2D eigenvalue weighted by Crippen LogP contribution is -2.37. The first-order valence-electron chi connectivity index (χ1n) is 5.26. The van der Waals surface area contributed by atoms with Gasteiger partial charge in [-0.1, -0.05) is 6.07 Å². The van der Waals surface area contributed by atoms with E-state index in [1.54, 1.807) is 12.1 Å². The van der Waals surface area contributed by atoms with E-state index in [0.717, 1.165) is 31.7 Å². The summed E-state index contributed by atoms with van der Waals surface area (Å²) < 4.78 is 5.78. The molecule has 0 radical (unpaired) electrons. The molecular formula is C12H14N2O. The zero-order valence-corrected chi connectivity index (χ0v) is 8.57. The Morgan fingerprint density at radius 2 is 2.40 bits per heavy atom. The van der Waals surface area contributed by atoms with Crippen LogP contribution in [-0.2, 0) is 0 Å². The highest BCUT2D eigenvalue weighted by Crippen LogP contribution is 2.16. The molecule has 1 aliphatic rings. The Labute approximate surface area is 89.7 Å². The minimum atomic E-state index is 0.243. The number of hydrogen-bond acceptors (Lipinski definition) is 3. The maximum Gasteiger partial charge on any atom is 0.121 e. The van der Waals surface area contributed by atoms with Crippen molar-refractivity contribution >= 4 is 0 Å². The van der Waals surface area contributed by atoms with Crippen LogP contribution >= 0.6 is 0 Å². The second-order valence-corrected chi connectivity index (χ2v) is 3.73. The molecule has 78 valence electrons. The molecule has 1 aliphatic heterocycles. The van der Waals surface area contributed by atoms with Gasteiger partial charge in [-0.2, -0.15) is 5.26 Å². The molecule has 0 amide bonds. The van der Waals surface area contributed by atoms with Crippen LogP contribution in [-0.4, -0.2) is 19.2 Å². The quantitative estimate of drug-likeness (QED) is 0.793. The predicted molar refractivity (Wildman–Crippen MR) is 57.7 cm³/mol. The SMILES string of the molecule is N#Cc1cccc(O[C@H]2CCCNC2)c1. The molecule has 15 heavy (non-hydrogen) atoms. The topological polar surface area (TPSA) is 45.0 Å². The number of ether oxygens (including phenoxy) is 1. The van der Waals surface area contributed by atoms with Crippen LogP contribution in [0.3, 0.4) is 0 Å². The zero-order valence-electron chi connectivity index (χ0n) is 8.57. The fourth-order valence-electron chi connectivity index (χ4n) is 1.75. The van der Waals surface area contributed by atoms with Crippen LogP contribution in [0.5, 0.6) is 5.75 Å². The third-order valence-electron chi connectivity index (χ3n) is 2.52. The summed E-state index contributed by atoms with van der Waals surface area (Å²) in [6, 6.07) is 9.43. The normalized spacial score (nSPS) is 20.6. The van der Waals surface area contributed by atoms with Crippen LogP contribution in [0.15, 0.2) is 24.3 Å². The molecule has 1 heterocycles. The Bertz CT molecular complexity index is 364. The monoisotopic (exact) mass is 202 g/mol. The van der Waals surface area contributed by atoms with Crippen molar-refractivity contribution in [1.82, 2.24) is 5.32 Å². The van der Waals surface area contributed by atoms with Crippen LogP contribution in [0.4, 0.5) is 0 Å². The van der Waals surface area contributed by atoms with E-state index in [9.17, 15) is 0 Å². The number of nitriles is 1. The Kier molecular flexibility index (Phi) is 3.21. The molecule has 1 atom stereocenters. The summed E-state index contributed by atoms with van der Waals surface area (Å²) in [5.74, 6) is 0.794. The zero-order chi connectivity index (χ0) is 10.5. The van der Waals surface area contributed by atoms with Crippen LogP contribution in [0.2, 0.25) is 0 Å². The summed E-state index contributed by atoms with van der Waals surface area (Å²) in [6.45, 7) is 1.98. The molecule has 0 saturated carbocycles. The summed E-state index contributed by atoms with van der Waals surface area (Å²) in [5.41, 5.74) is 0.649. The minimum Gasteiger partial charge on any atom is -0.489 e. The van der Waals surface area contributed by atoms with Crippen molar-refractivity contribution in [3.63, 3.8) is 0 Å². The first-order valence-corrected chi connectivity index (χ1v) is 5.26. The Hall–Kier alpha value is -1.53. The van der Waals surface area contributed by atoms with E-state index < -0.39 is 0 Å². The first kappa shape index (κ1) is 10.0. The molecule has 0 aromatic heterocycles. The van der Waals surface area contributed by atoms with E-state index >= 15 is 0 Å². The van der Waals surface area contributed by atoms with E-state index in [1.165, 1.54) is 0 Å². The van der Waals surface area contributed by atoms with E-state index in [2.05, 4.69) is 11.4 Å². The Balaban J connectivity index is 2.00. The summed E-state index contributed by atoms with van der Waals surface area (Å²) in [4.78, 5) is 0. The van der Waals surface area contributed by atoms with Gasteiger partial charge in [0, 0.05) is 6.54 Å². The molecular weight excluding hydrogens is 188 g/mol. The molecule has 3 nitrogen and oxygen atoms in total. The maximum absolute atomic E-state index is 8.75. The number of hydrogen-bond donors (Lipinski definition) is 1. The predicted octanol–water partition coefficient (Wildman–Crippen LogP) is 1.69. The molecule has 1 aromatic rings. The molecule has 0 aliphatic carbocycles. The van der Waals surface area contributed by atoms with Crippen molar-refractivity contribution in [3.05, 3.63) is 29.8 Å². The summed E-state index contributed by atoms with van der Waals surface area (Å²) in [6.07, 6.45) is 2.49. The van der Waals surface area contributed by atoms with E-state index in [-0.39, 0.29) is 6.10 Å². The van der Waals surface area contributed by atoms with Gasteiger partial charge in [0.2, 0.25) is 0 Å². The largest absolute Gasteiger partial charge is 0.489 e. The van der Waals surface area contributed by atoms with Gasteiger partial charge >= 0.3 is 0 Å². The van der Waals surface area contributed by atoms with Crippen molar-refractivity contribution in [2.75, 3.05) is 13.1 Å². The van der Waals surface area contributed by atoms with Crippen molar-refractivity contribution in [2.45, 2.75) is 18.9 Å². The van der Waals surface area contributed by atoms with Gasteiger partial charge < -0.3 is 10.1 Å². The van der Waals surface area contributed by atoms with Gasteiger partial charge in [-0.15, -0.1) is 0 Å². The third kappa shape index (κ3) is 2.71. The number of benzene rings is 1. The van der Waals surface area contributed by atoms with Gasteiger partial charge in [-0.3, -0.25) is 0 Å². The lowest BCUT2D eigenvalue weighted by Gasteiger charge is -2.23. The van der Waals surface area contributed by atoms with Gasteiger partial charge in [0.15, 0.2) is 0 Å². The second kappa shape index (κ2) is 4.81. The maximum atomic E-state index is 8.75. The molecule has 1 aromatic carbocycles. The average molecular weight is 202 g/mol. The third-order valence-corrected chi connectivity index (χ3v) is 2.52. The fourth-order valence-corrected chi connectivity index (χ4v) is 1.75. The van der Waals surface area contributed by atoms with Crippen LogP contribution in [0.1, 0.15) is 18.4 Å². The lowest BCUT2D eigenvalue weighted by molar-refractivity contribution is 0.167. The van der Waals surface area contributed by atoms with Crippen LogP contribution in [0, 0.1) is 11.3 Å². The number of nitrogens with zero attached hydrogens (tertiary/aromatic N) is 1. The highest BCUT2D eigenvalue weighted by molar-refractivity contribution is 5.36. The fraction of sp³-hybridized carbons (Fsp3) is 0.417. The molecule has 0 unspecified atom stereocenters. The van der Waals surface area contributed by atoms with Crippen molar-refractivity contribution in [3.8, 4) is 11.8 Å². The Morgan fingerprint density at radius 1 is 1.47 bits per heavy atom. The van der Waals surface area contributed by atoms with Gasteiger partial charge in [0.25, 0.3) is 0 Å². The van der Waals surface area contributed by atoms with E-state index in [1.807, 2.05) is 12.1 Å². The molecule has 1 saturated heterocycles. The smallest absolute Gasteiger partial charge is 0.121 e. The van der Waals surface area contributed by atoms with Crippen LogP contribution in [0.25, 0.3) is 0 Å². The highest BCUT2D eigenvalue weighted by atomic mass is 16.5. The molecule has 0 bridgehead atoms. The van der Waals surface area contributed by atoms with Crippen molar-refractivity contribution in [1.29, 1.82) is 5.26 Å². The first-order chi connectivity index (χ1) is 7.38. The molecule has 2 rings (SSSR count). The van der Waals surface area contributed by atoms with Crippen molar-refractivity contribution in [2.24, 2.45) is 0 Å². The number of piperidine rings is 1. The second-order valence-electron chi connectivity index (χ2n) is 3.73. The highest BCUT2D eigenvalue weighted by Gasteiger charge is 2.14. The molecule has 1 fully saturated rings. The van der Waals surface area contributed by atoms with Crippen molar-refractivity contribution < 1.29 is 4.74 Å². The van der Waals surface area contributed by atoms with Gasteiger partial charge in [0.05, 0.1) is 11.6 Å². The molecule has 1 N–H and O–H groups in total. The number of rotatable bonds is 2. The van der Waals surface area contributed by atoms with Crippen LogP contribution < -0.4 is 10.1 Å². The van der Waals surface area contributed by atoms with Gasteiger partial charge in [0.1, 0.15) is 11.9 Å². The van der Waals surface area contributed by atoms with E-state index in [4.69, 9.17) is 10.00 Å². The summed E-state index contributed by atoms with van der Waals surface area (Å²) >= 11 is 0. The summed E-state index contributed by atoms with van der Waals surface area (Å²) in [5, 5.41) is 12.0. The standard InChI is InChI=1S/C12H14N2O/c13-8-10-3-1-4-11(7-10)15-12-5-2-6-14-9-12/h1,3-4,7,12,14H,2,5-6,9H2/t12-/m0/s1. The Morgan fingerprint density at radius 3 is 3.13 bits per heavy atom. The number of nitrogens with one attached hydrogen (secondary N) is 1. The summed E-state index contributed by atoms with van der Waals surface area (Å²) in [7, 11) is 0. The lowest BCUT2D eigenvalue weighted by atomic mass is 10.1.